The Morgan fingerprint density at radius 3 is 2.50 bits per heavy atom. The van der Waals surface area contributed by atoms with E-state index < -0.39 is 5.54 Å². The van der Waals surface area contributed by atoms with Crippen molar-refractivity contribution in [1.82, 2.24) is 5.32 Å². The van der Waals surface area contributed by atoms with E-state index >= 15 is 0 Å². The number of carbonyl (C=O) groups is 1. The van der Waals surface area contributed by atoms with Crippen molar-refractivity contribution in [3.63, 3.8) is 0 Å². The third-order valence-electron chi connectivity index (χ3n) is 3.15. The van der Waals surface area contributed by atoms with Crippen LogP contribution < -0.4 is 11.1 Å². The third kappa shape index (κ3) is 4.11. The van der Waals surface area contributed by atoms with Crippen LogP contribution in [0, 0.1) is 0 Å². The first-order valence-corrected chi connectivity index (χ1v) is 6.53. The van der Waals surface area contributed by atoms with Gasteiger partial charge < -0.3 is 11.1 Å². The molecule has 0 aromatic heterocycles. The van der Waals surface area contributed by atoms with Crippen LogP contribution in [0.5, 0.6) is 0 Å². The van der Waals surface area contributed by atoms with Crippen molar-refractivity contribution in [2.45, 2.75) is 38.6 Å². The Hall–Kier alpha value is -1.42. The average Bonchev–Trinajstić information content (AvgIpc) is 2.37. The zero-order valence-electron chi connectivity index (χ0n) is 10.9. The van der Waals surface area contributed by atoms with Gasteiger partial charge >= 0.3 is 0 Å². The molecule has 3 N–H and O–H groups in total. The fraction of sp³-hybridized carbons (Fsp3) is 0.429. The standard InChI is InChI=1S/C14H20N2OS/c1-3-14(2,13(15)18)16-12(17)10-9-11-7-5-4-6-8-11/h4-8H,3,9-10H2,1-2H3,(H2,15,18)(H,16,17). The molecule has 0 spiro atoms. The van der Waals surface area contributed by atoms with Crippen LogP contribution in [-0.4, -0.2) is 16.4 Å². The van der Waals surface area contributed by atoms with Crippen LogP contribution in [0.1, 0.15) is 32.3 Å². The Morgan fingerprint density at radius 1 is 1.39 bits per heavy atom. The summed E-state index contributed by atoms with van der Waals surface area (Å²) in [4.78, 5) is 12.2. The average molecular weight is 264 g/mol. The predicted octanol–water partition coefficient (Wildman–Crippen LogP) is 2.19. The van der Waals surface area contributed by atoms with Gasteiger partial charge in [-0.3, -0.25) is 4.79 Å². The summed E-state index contributed by atoms with van der Waals surface area (Å²) in [6, 6.07) is 9.93. The summed E-state index contributed by atoms with van der Waals surface area (Å²) in [6.07, 6.45) is 1.87. The first-order valence-electron chi connectivity index (χ1n) is 6.13. The van der Waals surface area contributed by atoms with Gasteiger partial charge in [0, 0.05) is 6.42 Å². The van der Waals surface area contributed by atoms with E-state index in [4.69, 9.17) is 18.0 Å². The van der Waals surface area contributed by atoms with Gasteiger partial charge in [0.25, 0.3) is 0 Å². The van der Waals surface area contributed by atoms with Crippen molar-refractivity contribution < 1.29 is 4.79 Å². The maximum absolute atomic E-state index is 11.9. The van der Waals surface area contributed by atoms with Gasteiger partial charge in [0.1, 0.15) is 0 Å². The van der Waals surface area contributed by atoms with Gasteiger partial charge in [-0.15, -0.1) is 0 Å². The molecule has 3 nitrogen and oxygen atoms in total. The highest BCUT2D eigenvalue weighted by Gasteiger charge is 2.27. The van der Waals surface area contributed by atoms with Crippen molar-refractivity contribution >= 4 is 23.1 Å². The predicted molar refractivity (Wildman–Crippen MR) is 78.4 cm³/mol. The molecule has 1 unspecified atom stereocenters. The highest BCUT2D eigenvalue weighted by atomic mass is 32.1. The Kier molecular flexibility index (Phi) is 5.28. The maximum Gasteiger partial charge on any atom is 0.221 e. The van der Waals surface area contributed by atoms with Gasteiger partial charge in [-0.1, -0.05) is 49.5 Å². The van der Waals surface area contributed by atoms with E-state index in [0.717, 1.165) is 12.0 Å². The Bertz CT molecular complexity index is 419. The molecule has 1 aromatic carbocycles. The summed E-state index contributed by atoms with van der Waals surface area (Å²) in [5.41, 5.74) is 6.23. The zero-order valence-corrected chi connectivity index (χ0v) is 11.7. The molecule has 0 bridgehead atoms. The molecule has 1 atom stereocenters. The SMILES string of the molecule is CCC(C)(NC(=O)CCc1ccccc1)C(N)=S. The lowest BCUT2D eigenvalue weighted by Gasteiger charge is -2.28. The molecule has 0 heterocycles. The van der Waals surface area contributed by atoms with Crippen LogP contribution in [0.15, 0.2) is 30.3 Å². The van der Waals surface area contributed by atoms with Gasteiger partial charge in [0.15, 0.2) is 0 Å². The van der Waals surface area contributed by atoms with Gasteiger partial charge in [-0.2, -0.15) is 0 Å². The number of hydrogen-bond donors (Lipinski definition) is 2. The lowest BCUT2D eigenvalue weighted by atomic mass is 9.98. The topological polar surface area (TPSA) is 55.1 Å². The van der Waals surface area contributed by atoms with E-state index in [1.165, 1.54) is 0 Å². The first kappa shape index (κ1) is 14.6. The van der Waals surface area contributed by atoms with E-state index in [1.54, 1.807) is 0 Å². The van der Waals surface area contributed by atoms with Crippen LogP contribution >= 0.6 is 12.2 Å². The minimum atomic E-state index is -0.580. The van der Waals surface area contributed by atoms with Gasteiger partial charge in [0.2, 0.25) is 5.91 Å². The molecule has 1 amide bonds. The number of benzene rings is 1. The highest BCUT2D eigenvalue weighted by Crippen LogP contribution is 2.10. The molecule has 0 aliphatic heterocycles. The van der Waals surface area contributed by atoms with Crippen molar-refractivity contribution in [3.8, 4) is 0 Å². The lowest BCUT2D eigenvalue weighted by molar-refractivity contribution is -0.122. The Balaban J connectivity index is 2.49. The Morgan fingerprint density at radius 2 is 2.00 bits per heavy atom. The van der Waals surface area contributed by atoms with E-state index in [-0.39, 0.29) is 5.91 Å². The van der Waals surface area contributed by atoms with Crippen LogP contribution in [0.25, 0.3) is 0 Å². The molecule has 1 rings (SSSR count). The fourth-order valence-corrected chi connectivity index (χ4v) is 1.79. The molecule has 0 radical (unpaired) electrons. The maximum atomic E-state index is 11.9. The number of hydrogen-bond acceptors (Lipinski definition) is 2. The fourth-order valence-electron chi connectivity index (χ4n) is 1.60. The second kappa shape index (κ2) is 6.50. The van der Waals surface area contributed by atoms with Crippen molar-refractivity contribution in [1.29, 1.82) is 0 Å². The summed E-state index contributed by atoms with van der Waals surface area (Å²) < 4.78 is 0. The van der Waals surface area contributed by atoms with Crippen LogP contribution in [0.3, 0.4) is 0 Å². The zero-order chi connectivity index (χ0) is 13.6. The third-order valence-corrected chi connectivity index (χ3v) is 3.60. The van der Waals surface area contributed by atoms with Crippen molar-refractivity contribution in [2.24, 2.45) is 5.73 Å². The number of nitrogens with two attached hydrogens (primary N) is 1. The van der Waals surface area contributed by atoms with Crippen molar-refractivity contribution in [3.05, 3.63) is 35.9 Å². The minimum absolute atomic E-state index is 0.0176. The van der Waals surface area contributed by atoms with E-state index in [1.807, 2.05) is 44.2 Å². The summed E-state index contributed by atoms with van der Waals surface area (Å²) in [7, 11) is 0. The van der Waals surface area contributed by atoms with E-state index in [9.17, 15) is 4.79 Å². The number of thiocarbonyl (C=S) groups is 1. The van der Waals surface area contributed by atoms with Crippen LogP contribution in [0.2, 0.25) is 0 Å². The molecule has 0 aliphatic carbocycles. The number of aryl methyl sites for hydroxylation is 1. The van der Waals surface area contributed by atoms with E-state index in [2.05, 4.69) is 5.32 Å². The number of nitrogens with one attached hydrogen (secondary N) is 1. The molecule has 0 fully saturated rings. The monoisotopic (exact) mass is 264 g/mol. The van der Waals surface area contributed by atoms with E-state index in [0.29, 0.717) is 17.8 Å². The van der Waals surface area contributed by atoms with Gasteiger partial charge in [-0.05, 0) is 25.3 Å². The molecule has 1 aromatic rings. The van der Waals surface area contributed by atoms with Crippen LogP contribution in [0.4, 0.5) is 0 Å². The number of rotatable bonds is 6. The van der Waals surface area contributed by atoms with Gasteiger partial charge in [0.05, 0.1) is 10.5 Å². The molecule has 4 heteroatoms. The molecular weight excluding hydrogens is 244 g/mol. The quantitative estimate of drug-likeness (QED) is 0.774. The molecule has 0 aliphatic rings. The summed E-state index contributed by atoms with van der Waals surface area (Å²) in [5.74, 6) is -0.0176. The molecule has 98 valence electrons. The first-order chi connectivity index (χ1) is 8.48. The number of carbonyl (C=O) groups excluding carboxylic acids is 1. The molecule has 0 saturated carbocycles. The summed E-state index contributed by atoms with van der Waals surface area (Å²) >= 11 is 4.99. The van der Waals surface area contributed by atoms with Crippen LogP contribution in [-0.2, 0) is 11.2 Å². The smallest absolute Gasteiger partial charge is 0.221 e. The van der Waals surface area contributed by atoms with Crippen molar-refractivity contribution in [2.75, 3.05) is 0 Å². The molecular formula is C14H20N2OS. The summed E-state index contributed by atoms with van der Waals surface area (Å²) in [6.45, 7) is 3.81. The molecule has 0 saturated heterocycles. The van der Waals surface area contributed by atoms with Gasteiger partial charge in [-0.25, -0.2) is 0 Å². The highest BCUT2D eigenvalue weighted by molar-refractivity contribution is 7.80. The minimum Gasteiger partial charge on any atom is -0.391 e. The number of amides is 1. The molecule has 18 heavy (non-hydrogen) atoms. The lowest BCUT2D eigenvalue weighted by Crippen LogP contribution is -2.54. The second-order valence-corrected chi connectivity index (χ2v) is 5.02. The second-order valence-electron chi connectivity index (χ2n) is 4.58. The normalized spacial score (nSPS) is 13.7. The largest absolute Gasteiger partial charge is 0.391 e. The summed E-state index contributed by atoms with van der Waals surface area (Å²) in [5, 5.41) is 2.91. The Labute approximate surface area is 114 Å².